The van der Waals surface area contributed by atoms with Crippen molar-refractivity contribution in [3.63, 3.8) is 0 Å². The normalized spacial score (nSPS) is 12.6. The molecule has 0 fully saturated rings. The van der Waals surface area contributed by atoms with E-state index in [-0.39, 0.29) is 6.04 Å². The lowest BCUT2D eigenvalue weighted by atomic mass is 10.0. The standard InChI is InChI=1S/C14H19N3/c1-4-11-5-7-12(8-6-11)13(15-2)14-16-9-10-17(14)3/h5-10,13,15H,4H2,1-3H3. The van der Waals surface area contributed by atoms with Gasteiger partial charge in [-0.15, -0.1) is 0 Å². The van der Waals surface area contributed by atoms with E-state index in [2.05, 4.69) is 46.1 Å². The third kappa shape index (κ3) is 2.39. The molecule has 3 nitrogen and oxygen atoms in total. The zero-order valence-corrected chi connectivity index (χ0v) is 10.6. The van der Waals surface area contributed by atoms with Gasteiger partial charge in [0.15, 0.2) is 0 Å². The molecule has 0 spiro atoms. The van der Waals surface area contributed by atoms with E-state index in [9.17, 15) is 0 Å². The van der Waals surface area contributed by atoms with Crippen molar-refractivity contribution < 1.29 is 0 Å². The highest BCUT2D eigenvalue weighted by molar-refractivity contribution is 5.29. The molecular weight excluding hydrogens is 210 g/mol. The van der Waals surface area contributed by atoms with Crippen LogP contribution in [0.25, 0.3) is 0 Å². The van der Waals surface area contributed by atoms with Gasteiger partial charge in [0.25, 0.3) is 0 Å². The lowest BCUT2D eigenvalue weighted by molar-refractivity contribution is 0.617. The van der Waals surface area contributed by atoms with Crippen molar-refractivity contribution in [1.29, 1.82) is 0 Å². The van der Waals surface area contributed by atoms with Gasteiger partial charge in [-0.2, -0.15) is 0 Å². The summed E-state index contributed by atoms with van der Waals surface area (Å²) in [5.41, 5.74) is 2.61. The van der Waals surface area contributed by atoms with Gasteiger partial charge in [0.1, 0.15) is 5.82 Å². The molecule has 2 rings (SSSR count). The lowest BCUT2D eigenvalue weighted by Crippen LogP contribution is -2.21. The van der Waals surface area contributed by atoms with E-state index in [1.807, 2.05) is 26.5 Å². The molecule has 0 aliphatic carbocycles. The van der Waals surface area contributed by atoms with Gasteiger partial charge in [-0.3, -0.25) is 0 Å². The first-order valence-corrected chi connectivity index (χ1v) is 5.99. The Balaban J connectivity index is 2.32. The van der Waals surface area contributed by atoms with Crippen molar-refractivity contribution in [2.45, 2.75) is 19.4 Å². The maximum absolute atomic E-state index is 4.41. The summed E-state index contributed by atoms with van der Waals surface area (Å²) in [6.07, 6.45) is 4.88. The summed E-state index contributed by atoms with van der Waals surface area (Å²) in [7, 11) is 3.99. The smallest absolute Gasteiger partial charge is 0.130 e. The van der Waals surface area contributed by atoms with Crippen LogP contribution in [0.15, 0.2) is 36.7 Å². The van der Waals surface area contributed by atoms with Crippen LogP contribution < -0.4 is 5.32 Å². The largest absolute Gasteiger partial charge is 0.336 e. The summed E-state index contributed by atoms with van der Waals surface area (Å²) in [6.45, 7) is 2.17. The minimum absolute atomic E-state index is 0.154. The van der Waals surface area contributed by atoms with Gasteiger partial charge in [-0.25, -0.2) is 4.98 Å². The van der Waals surface area contributed by atoms with E-state index >= 15 is 0 Å². The summed E-state index contributed by atoms with van der Waals surface area (Å²) in [5, 5.41) is 3.32. The van der Waals surface area contributed by atoms with Gasteiger partial charge in [0.05, 0.1) is 6.04 Å². The van der Waals surface area contributed by atoms with Gasteiger partial charge >= 0.3 is 0 Å². The summed E-state index contributed by atoms with van der Waals surface area (Å²) in [4.78, 5) is 4.41. The number of aromatic nitrogens is 2. The molecule has 0 saturated heterocycles. The van der Waals surface area contributed by atoms with Gasteiger partial charge < -0.3 is 9.88 Å². The van der Waals surface area contributed by atoms with E-state index in [1.54, 1.807) is 0 Å². The number of imidazole rings is 1. The number of rotatable bonds is 4. The predicted molar refractivity (Wildman–Crippen MR) is 69.9 cm³/mol. The number of benzene rings is 1. The first-order chi connectivity index (χ1) is 8.26. The highest BCUT2D eigenvalue weighted by Crippen LogP contribution is 2.20. The van der Waals surface area contributed by atoms with Crippen molar-refractivity contribution in [2.24, 2.45) is 7.05 Å². The molecule has 1 aromatic carbocycles. The molecule has 1 atom stereocenters. The van der Waals surface area contributed by atoms with Gasteiger partial charge in [0, 0.05) is 19.4 Å². The molecule has 1 N–H and O–H groups in total. The van der Waals surface area contributed by atoms with Crippen LogP contribution in [0.3, 0.4) is 0 Å². The number of nitrogens with zero attached hydrogens (tertiary/aromatic N) is 2. The Morgan fingerprint density at radius 3 is 2.47 bits per heavy atom. The van der Waals surface area contributed by atoms with Crippen LogP contribution >= 0.6 is 0 Å². The predicted octanol–water partition coefficient (Wildman–Crippen LogP) is 2.29. The Morgan fingerprint density at radius 2 is 2.00 bits per heavy atom. The van der Waals surface area contributed by atoms with Crippen LogP contribution in [0.1, 0.15) is 29.9 Å². The van der Waals surface area contributed by atoms with E-state index in [0.717, 1.165) is 12.2 Å². The fourth-order valence-electron chi connectivity index (χ4n) is 2.05. The van der Waals surface area contributed by atoms with Gasteiger partial charge in [0.2, 0.25) is 0 Å². The van der Waals surface area contributed by atoms with Gasteiger partial charge in [-0.1, -0.05) is 31.2 Å². The topological polar surface area (TPSA) is 29.9 Å². The first-order valence-electron chi connectivity index (χ1n) is 5.99. The van der Waals surface area contributed by atoms with Crippen LogP contribution in [0.5, 0.6) is 0 Å². The van der Waals surface area contributed by atoms with Crippen molar-refractivity contribution in [3.05, 3.63) is 53.6 Å². The Kier molecular flexibility index (Phi) is 3.59. The van der Waals surface area contributed by atoms with E-state index in [1.165, 1.54) is 11.1 Å². The third-order valence-corrected chi connectivity index (χ3v) is 3.13. The number of hydrogen-bond donors (Lipinski definition) is 1. The van der Waals surface area contributed by atoms with Crippen molar-refractivity contribution in [3.8, 4) is 0 Å². The number of aryl methyl sites for hydroxylation is 2. The minimum atomic E-state index is 0.154. The zero-order valence-electron chi connectivity index (χ0n) is 10.6. The van der Waals surface area contributed by atoms with Crippen LogP contribution in [0.2, 0.25) is 0 Å². The number of hydrogen-bond acceptors (Lipinski definition) is 2. The summed E-state index contributed by atoms with van der Waals surface area (Å²) >= 11 is 0. The molecule has 0 saturated carbocycles. The molecule has 0 bridgehead atoms. The summed E-state index contributed by atoms with van der Waals surface area (Å²) in [6, 6.07) is 8.87. The Morgan fingerprint density at radius 1 is 1.29 bits per heavy atom. The highest BCUT2D eigenvalue weighted by Gasteiger charge is 2.15. The Labute approximate surface area is 103 Å². The average Bonchev–Trinajstić information content (AvgIpc) is 2.78. The Hall–Kier alpha value is -1.61. The van der Waals surface area contributed by atoms with Crippen LogP contribution in [-0.2, 0) is 13.5 Å². The fourth-order valence-corrected chi connectivity index (χ4v) is 2.05. The minimum Gasteiger partial charge on any atom is -0.336 e. The quantitative estimate of drug-likeness (QED) is 0.871. The summed E-state index contributed by atoms with van der Waals surface area (Å²) < 4.78 is 2.05. The third-order valence-electron chi connectivity index (χ3n) is 3.13. The molecule has 3 heteroatoms. The molecule has 2 aromatic rings. The van der Waals surface area contributed by atoms with Crippen LogP contribution in [0.4, 0.5) is 0 Å². The molecule has 1 heterocycles. The Bertz CT molecular complexity index is 470. The second kappa shape index (κ2) is 5.15. The van der Waals surface area contributed by atoms with Gasteiger partial charge in [-0.05, 0) is 24.6 Å². The molecule has 1 unspecified atom stereocenters. The summed E-state index contributed by atoms with van der Waals surface area (Å²) in [5.74, 6) is 1.04. The molecule has 17 heavy (non-hydrogen) atoms. The fraction of sp³-hybridized carbons (Fsp3) is 0.357. The molecule has 0 radical (unpaired) electrons. The average molecular weight is 229 g/mol. The second-order valence-electron chi connectivity index (χ2n) is 4.21. The van der Waals surface area contributed by atoms with Crippen LogP contribution in [0, 0.1) is 0 Å². The van der Waals surface area contributed by atoms with E-state index in [0.29, 0.717) is 0 Å². The number of nitrogens with one attached hydrogen (secondary N) is 1. The maximum atomic E-state index is 4.41. The van der Waals surface area contributed by atoms with Crippen molar-refractivity contribution >= 4 is 0 Å². The maximum Gasteiger partial charge on any atom is 0.130 e. The molecule has 0 aliphatic heterocycles. The van der Waals surface area contributed by atoms with Crippen LogP contribution in [-0.4, -0.2) is 16.6 Å². The van der Waals surface area contributed by atoms with E-state index in [4.69, 9.17) is 0 Å². The second-order valence-corrected chi connectivity index (χ2v) is 4.21. The van der Waals surface area contributed by atoms with E-state index < -0.39 is 0 Å². The monoisotopic (exact) mass is 229 g/mol. The lowest BCUT2D eigenvalue weighted by Gasteiger charge is -2.16. The molecular formula is C14H19N3. The molecule has 0 aliphatic rings. The highest BCUT2D eigenvalue weighted by atomic mass is 15.1. The molecule has 1 aromatic heterocycles. The van der Waals surface area contributed by atoms with Crippen molar-refractivity contribution in [1.82, 2.24) is 14.9 Å². The molecule has 90 valence electrons. The SMILES string of the molecule is CCc1ccc(C(NC)c2nccn2C)cc1. The van der Waals surface area contributed by atoms with Crippen molar-refractivity contribution in [2.75, 3.05) is 7.05 Å². The zero-order chi connectivity index (χ0) is 12.3. The first kappa shape index (κ1) is 11.9. The molecule has 0 amide bonds.